The van der Waals surface area contributed by atoms with E-state index >= 15 is 0 Å². The van der Waals surface area contributed by atoms with E-state index in [-0.39, 0.29) is 0 Å². The van der Waals surface area contributed by atoms with Crippen molar-refractivity contribution in [2.24, 2.45) is 0 Å². The van der Waals surface area contributed by atoms with Crippen molar-refractivity contribution in [3.63, 3.8) is 0 Å². The van der Waals surface area contributed by atoms with E-state index in [0.29, 0.717) is 13.2 Å². The zero-order valence-electron chi connectivity index (χ0n) is 13.4. The normalized spacial score (nSPS) is 11.2. The molecule has 0 spiro atoms. The second-order valence-corrected chi connectivity index (χ2v) is 4.79. The molecule has 0 fully saturated rings. The fourth-order valence-corrected chi connectivity index (χ4v) is 2.40. The van der Waals surface area contributed by atoms with E-state index in [1.165, 1.54) is 17.0 Å². The van der Waals surface area contributed by atoms with Crippen LogP contribution in [0.3, 0.4) is 0 Å². The molecule has 1 heterocycles. The highest BCUT2D eigenvalue weighted by atomic mass is 16.5. The van der Waals surface area contributed by atoms with Gasteiger partial charge in [0.25, 0.3) is 0 Å². The summed E-state index contributed by atoms with van der Waals surface area (Å²) in [5, 5.41) is 7.99. The van der Waals surface area contributed by atoms with Crippen LogP contribution in [0.15, 0.2) is 0 Å². The van der Waals surface area contributed by atoms with E-state index in [4.69, 9.17) is 14.6 Å². The molecule has 0 saturated carbocycles. The zero-order chi connectivity index (χ0) is 14.8. The van der Waals surface area contributed by atoms with Gasteiger partial charge in [0.1, 0.15) is 0 Å². The summed E-state index contributed by atoms with van der Waals surface area (Å²) in [6.07, 6.45) is 3.00. The van der Waals surface area contributed by atoms with Gasteiger partial charge in [-0.1, -0.05) is 13.8 Å². The minimum Gasteiger partial charge on any atom is -0.382 e. The lowest BCUT2D eigenvalue weighted by Crippen LogP contribution is -2.11. The molecule has 1 rings (SSSR count). The predicted octanol–water partition coefficient (Wildman–Crippen LogP) is 1.78. The molecule has 0 unspecified atom stereocenters. The molecule has 0 bridgehead atoms. The lowest BCUT2D eigenvalue weighted by Gasteiger charge is -2.08. The van der Waals surface area contributed by atoms with Crippen molar-refractivity contribution in [2.45, 2.75) is 46.2 Å². The number of ether oxygens (including phenoxy) is 2. The van der Waals surface area contributed by atoms with Crippen molar-refractivity contribution in [3.8, 4) is 0 Å². The fourth-order valence-electron chi connectivity index (χ4n) is 2.40. The molecule has 0 atom stereocenters. The van der Waals surface area contributed by atoms with Crippen LogP contribution in [-0.4, -0.2) is 43.8 Å². The molecule has 0 aliphatic carbocycles. The molecular weight excluding hydrogens is 254 g/mol. The maximum absolute atomic E-state index is 5.50. The van der Waals surface area contributed by atoms with Gasteiger partial charge in [0.15, 0.2) is 0 Å². The lowest BCUT2D eigenvalue weighted by molar-refractivity contribution is 0.0676. The third-order valence-corrected chi connectivity index (χ3v) is 3.36. The zero-order valence-corrected chi connectivity index (χ0v) is 13.4. The van der Waals surface area contributed by atoms with Crippen LogP contribution in [0.4, 0.5) is 0 Å². The fraction of sp³-hybridized carbons (Fsp3) is 0.800. The summed E-state index contributed by atoms with van der Waals surface area (Å²) in [7, 11) is 3.68. The first-order valence-corrected chi connectivity index (χ1v) is 7.57. The average molecular weight is 283 g/mol. The quantitative estimate of drug-likeness (QED) is 0.629. The maximum Gasteiger partial charge on any atom is 0.0700 e. The first-order valence-electron chi connectivity index (χ1n) is 7.57. The molecule has 0 radical (unpaired) electrons. The number of aromatic nitrogens is 2. The Morgan fingerprint density at radius 1 is 1.15 bits per heavy atom. The van der Waals surface area contributed by atoms with Gasteiger partial charge < -0.3 is 14.8 Å². The van der Waals surface area contributed by atoms with Gasteiger partial charge in [0.05, 0.1) is 18.9 Å². The van der Waals surface area contributed by atoms with Crippen LogP contribution in [0.2, 0.25) is 0 Å². The van der Waals surface area contributed by atoms with Gasteiger partial charge in [-0.2, -0.15) is 5.10 Å². The molecule has 1 aromatic rings. The van der Waals surface area contributed by atoms with E-state index in [1.54, 1.807) is 7.11 Å². The van der Waals surface area contributed by atoms with Crippen LogP contribution in [0.25, 0.3) is 0 Å². The van der Waals surface area contributed by atoms with Gasteiger partial charge in [0.2, 0.25) is 0 Å². The molecule has 116 valence electrons. The number of methoxy groups -OCH3 is 1. The highest BCUT2D eigenvalue weighted by Crippen LogP contribution is 2.16. The minimum absolute atomic E-state index is 0.661. The first kappa shape index (κ1) is 17.1. The van der Waals surface area contributed by atoms with Gasteiger partial charge >= 0.3 is 0 Å². The molecule has 5 nitrogen and oxygen atoms in total. The van der Waals surface area contributed by atoms with Crippen LogP contribution in [0.5, 0.6) is 0 Å². The minimum atomic E-state index is 0.661. The second kappa shape index (κ2) is 9.91. The molecule has 0 aromatic carbocycles. The summed E-state index contributed by atoms with van der Waals surface area (Å²) >= 11 is 0. The van der Waals surface area contributed by atoms with Crippen LogP contribution < -0.4 is 5.32 Å². The topological polar surface area (TPSA) is 48.3 Å². The molecule has 0 aliphatic rings. The van der Waals surface area contributed by atoms with Gasteiger partial charge in [0, 0.05) is 38.1 Å². The second-order valence-electron chi connectivity index (χ2n) is 4.79. The highest BCUT2D eigenvalue weighted by molar-refractivity contribution is 5.26. The van der Waals surface area contributed by atoms with E-state index in [1.807, 2.05) is 7.05 Å². The van der Waals surface area contributed by atoms with E-state index in [9.17, 15) is 0 Å². The third kappa shape index (κ3) is 4.89. The molecule has 0 amide bonds. The molecule has 1 N–H and O–H groups in total. The van der Waals surface area contributed by atoms with E-state index in [0.717, 1.165) is 39.0 Å². The van der Waals surface area contributed by atoms with E-state index < -0.39 is 0 Å². The van der Waals surface area contributed by atoms with Crippen LogP contribution in [-0.2, 0) is 35.4 Å². The van der Waals surface area contributed by atoms with Gasteiger partial charge in [-0.15, -0.1) is 0 Å². The Kier molecular flexibility index (Phi) is 8.49. The molecule has 20 heavy (non-hydrogen) atoms. The predicted molar refractivity (Wildman–Crippen MR) is 81.1 cm³/mol. The van der Waals surface area contributed by atoms with Crippen LogP contribution in [0.1, 0.15) is 37.2 Å². The van der Waals surface area contributed by atoms with Crippen molar-refractivity contribution in [1.82, 2.24) is 15.1 Å². The Morgan fingerprint density at radius 3 is 2.55 bits per heavy atom. The Morgan fingerprint density at radius 2 is 1.95 bits per heavy atom. The number of aryl methyl sites for hydroxylation is 2. The number of hydrogen-bond donors (Lipinski definition) is 1. The Hall–Kier alpha value is -0.910. The van der Waals surface area contributed by atoms with Crippen LogP contribution >= 0.6 is 0 Å². The molecule has 5 heteroatoms. The summed E-state index contributed by atoms with van der Waals surface area (Å²) in [6.45, 7) is 8.27. The smallest absolute Gasteiger partial charge is 0.0700 e. The number of rotatable bonds is 11. The number of hydrogen-bond acceptors (Lipinski definition) is 4. The lowest BCUT2D eigenvalue weighted by atomic mass is 10.1. The summed E-state index contributed by atoms with van der Waals surface area (Å²) in [6, 6.07) is 0. The Labute approximate surface area is 122 Å². The number of nitrogens with one attached hydrogen (secondary N) is 1. The maximum atomic E-state index is 5.50. The SMILES string of the molecule is CCc1nn(CCCOCCOC)c(CC)c1CNC. The van der Waals surface area contributed by atoms with Crippen molar-refractivity contribution in [2.75, 3.05) is 34.0 Å². The summed E-state index contributed by atoms with van der Waals surface area (Å²) in [5.41, 5.74) is 3.95. The third-order valence-electron chi connectivity index (χ3n) is 3.36. The summed E-state index contributed by atoms with van der Waals surface area (Å²) in [4.78, 5) is 0. The van der Waals surface area contributed by atoms with Gasteiger partial charge in [-0.05, 0) is 26.3 Å². The average Bonchev–Trinajstić information content (AvgIpc) is 2.80. The van der Waals surface area contributed by atoms with Crippen molar-refractivity contribution < 1.29 is 9.47 Å². The largest absolute Gasteiger partial charge is 0.382 e. The Balaban J connectivity index is 2.56. The molecule has 0 saturated heterocycles. The van der Waals surface area contributed by atoms with Crippen molar-refractivity contribution in [3.05, 3.63) is 17.0 Å². The molecule has 1 aromatic heterocycles. The monoisotopic (exact) mass is 283 g/mol. The van der Waals surface area contributed by atoms with Gasteiger partial charge in [-0.25, -0.2) is 0 Å². The standard InChI is InChI=1S/C15H29N3O2/c1-5-14-13(12-16-3)15(6-2)18(17-14)8-7-9-20-11-10-19-4/h16H,5-12H2,1-4H3. The highest BCUT2D eigenvalue weighted by Gasteiger charge is 2.14. The number of nitrogens with zero attached hydrogens (tertiary/aromatic N) is 2. The van der Waals surface area contributed by atoms with Gasteiger partial charge in [-0.3, -0.25) is 4.68 Å². The molecule has 0 aliphatic heterocycles. The van der Waals surface area contributed by atoms with Crippen molar-refractivity contribution in [1.29, 1.82) is 0 Å². The van der Waals surface area contributed by atoms with Crippen molar-refractivity contribution >= 4 is 0 Å². The summed E-state index contributed by atoms with van der Waals surface area (Å²) < 4.78 is 12.6. The summed E-state index contributed by atoms with van der Waals surface area (Å²) in [5.74, 6) is 0. The van der Waals surface area contributed by atoms with E-state index in [2.05, 4.69) is 23.8 Å². The Bertz CT molecular complexity index is 377. The molecular formula is C15H29N3O2. The first-order chi connectivity index (χ1) is 9.78. The van der Waals surface area contributed by atoms with Crippen LogP contribution in [0, 0.1) is 0 Å².